The van der Waals surface area contributed by atoms with Gasteiger partial charge < -0.3 is 15.4 Å². The van der Waals surface area contributed by atoms with E-state index in [0.29, 0.717) is 11.4 Å². The number of carboxylic acids is 1. The molecule has 0 radical (unpaired) electrons. The first-order chi connectivity index (χ1) is 9.08. The molecule has 2 rings (SSSR count). The second kappa shape index (κ2) is 5.34. The molecule has 2 heterocycles. The Morgan fingerprint density at radius 3 is 2.89 bits per heavy atom. The minimum absolute atomic E-state index is 0.138. The molecule has 0 saturated carbocycles. The van der Waals surface area contributed by atoms with Gasteiger partial charge in [-0.1, -0.05) is 0 Å². The molecule has 0 aliphatic rings. The number of hydrogen-bond donors (Lipinski definition) is 3. The van der Waals surface area contributed by atoms with Crippen molar-refractivity contribution in [3.8, 4) is 0 Å². The molecule has 3 N–H and O–H groups in total. The molecule has 0 unspecified atom stereocenters. The minimum atomic E-state index is -1.11. The summed E-state index contributed by atoms with van der Waals surface area (Å²) in [7, 11) is 1.61. The van der Waals surface area contributed by atoms with Crippen LogP contribution < -0.4 is 5.32 Å². The fourth-order valence-electron chi connectivity index (χ4n) is 1.65. The van der Waals surface area contributed by atoms with Crippen LogP contribution in [-0.2, 0) is 18.3 Å². The Hall–Kier alpha value is -2.64. The molecular formula is C11H13N5O3. The van der Waals surface area contributed by atoms with Crippen LogP contribution in [0.15, 0.2) is 24.8 Å². The number of amides is 1. The second-order valence-electron chi connectivity index (χ2n) is 3.99. The summed E-state index contributed by atoms with van der Waals surface area (Å²) < 4.78 is 1.38. The highest BCUT2D eigenvalue weighted by Gasteiger charge is 2.22. The number of aromatic amines is 1. The van der Waals surface area contributed by atoms with Gasteiger partial charge in [-0.05, 0) is 6.07 Å². The molecule has 0 aliphatic heterocycles. The number of aromatic nitrogens is 4. The normalized spacial score (nSPS) is 12.1. The summed E-state index contributed by atoms with van der Waals surface area (Å²) in [5, 5.41) is 15.4. The van der Waals surface area contributed by atoms with Gasteiger partial charge in [-0.15, -0.1) is 0 Å². The zero-order valence-corrected chi connectivity index (χ0v) is 10.2. The van der Waals surface area contributed by atoms with E-state index in [-0.39, 0.29) is 6.42 Å². The van der Waals surface area contributed by atoms with Gasteiger partial charge in [0.1, 0.15) is 11.7 Å². The fourth-order valence-corrected chi connectivity index (χ4v) is 1.65. The number of nitrogens with one attached hydrogen (secondary N) is 2. The van der Waals surface area contributed by atoms with Crippen molar-refractivity contribution in [2.24, 2.45) is 7.05 Å². The van der Waals surface area contributed by atoms with Crippen molar-refractivity contribution in [1.82, 2.24) is 25.1 Å². The van der Waals surface area contributed by atoms with E-state index in [1.165, 1.54) is 29.5 Å². The Morgan fingerprint density at radius 1 is 1.58 bits per heavy atom. The molecule has 0 bridgehead atoms. The van der Waals surface area contributed by atoms with Crippen LogP contribution >= 0.6 is 0 Å². The lowest BCUT2D eigenvalue weighted by Crippen LogP contribution is -2.43. The third-order valence-electron chi connectivity index (χ3n) is 2.64. The van der Waals surface area contributed by atoms with Gasteiger partial charge in [-0.25, -0.2) is 9.78 Å². The van der Waals surface area contributed by atoms with Gasteiger partial charge >= 0.3 is 5.97 Å². The third-order valence-corrected chi connectivity index (χ3v) is 2.64. The minimum Gasteiger partial charge on any atom is -0.480 e. The molecule has 19 heavy (non-hydrogen) atoms. The van der Waals surface area contributed by atoms with E-state index in [4.69, 9.17) is 5.11 Å². The summed E-state index contributed by atoms with van der Waals surface area (Å²) in [4.78, 5) is 29.7. The molecule has 8 nitrogen and oxygen atoms in total. The molecule has 0 aliphatic carbocycles. The predicted molar refractivity (Wildman–Crippen MR) is 64.4 cm³/mol. The monoisotopic (exact) mass is 263 g/mol. The lowest BCUT2D eigenvalue weighted by atomic mass is 10.1. The van der Waals surface area contributed by atoms with E-state index >= 15 is 0 Å². The Kier molecular flexibility index (Phi) is 3.60. The SMILES string of the molecule is Cn1nccc1C(=O)N[C@H](Cc1cnc[nH]1)C(=O)O. The van der Waals surface area contributed by atoms with Crippen LogP contribution in [0, 0.1) is 0 Å². The topological polar surface area (TPSA) is 113 Å². The van der Waals surface area contributed by atoms with Crippen LogP contribution in [0.4, 0.5) is 0 Å². The molecule has 0 aromatic carbocycles. The highest BCUT2D eigenvalue weighted by molar-refractivity contribution is 5.95. The fraction of sp³-hybridized carbons (Fsp3) is 0.273. The smallest absolute Gasteiger partial charge is 0.326 e. The first-order valence-corrected chi connectivity index (χ1v) is 5.57. The maximum Gasteiger partial charge on any atom is 0.326 e. The lowest BCUT2D eigenvalue weighted by molar-refractivity contribution is -0.139. The maximum absolute atomic E-state index is 11.9. The van der Waals surface area contributed by atoms with Gasteiger partial charge in [-0.3, -0.25) is 9.48 Å². The molecule has 1 atom stereocenters. The summed E-state index contributed by atoms with van der Waals surface area (Å²) in [5.74, 6) is -1.59. The number of aryl methyl sites for hydroxylation is 1. The number of carbonyl (C=O) groups excluding carboxylic acids is 1. The van der Waals surface area contributed by atoms with Crippen LogP contribution in [-0.4, -0.2) is 42.8 Å². The van der Waals surface area contributed by atoms with Gasteiger partial charge in [0.15, 0.2) is 0 Å². The van der Waals surface area contributed by atoms with Crippen LogP contribution in [0.3, 0.4) is 0 Å². The van der Waals surface area contributed by atoms with Gasteiger partial charge in [0, 0.05) is 31.6 Å². The number of aliphatic carboxylic acids is 1. The first-order valence-electron chi connectivity index (χ1n) is 5.57. The van der Waals surface area contributed by atoms with Gasteiger partial charge in [0.25, 0.3) is 5.91 Å². The lowest BCUT2D eigenvalue weighted by Gasteiger charge is -2.13. The van der Waals surface area contributed by atoms with Crippen LogP contribution in [0.1, 0.15) is 16.2 Å². The number of nitrogens with zero attached hydrogens (tertiary/aromatic N) is 3. The van der Waals surface area contributed by atoms with Crippen molar-refractivity contribution >= 4 is 11.9 Å². The number of imidazole rings is 1. The average molecular weight is 263 g/mol. The van der Waals surface area contributed by atoms with E-state index in [1.54, 1.807) is 7.05 Å². The van der Waals surface area contributed by atoms with E-state index < -0.39 is 17.9 Å². The number of carboxylic acid groups (broad SMARTS) is 1. The van der Waals surface area contributed by atoms with Crippen molar-refractivity contribution in [1.29, 1.82) is 0 Å². The van der Waals surface area contributed by atoms with Crippen molar-refractivity contribution in [2.75, 3.05) is 0 Å². The third kappa shape index (κ3) is 2.97. The number of H-pyrrole nitrogens is 1. The molecule has 0 saturated heterocycles. The average Bonchev–Trinajstić information content (AvgIpc) is 2.99. The van der Waals surface area contributed by atoms with E-state index in [0.717, 1.165) is 0 Å². The summed E-state index contributed by atoms with van der Waals surface area (Å²) in [6.07, 6.45) is 4.59. The Morgan fingerprint density at radius 2 is 2.37 bits per heavy atom. The quantitative estimate of drug-likeness (QED) is 0.677. The predicted octanol–water partition coefficient (Wildman–Crippen LogP) is -0.431. The summed E-state index contributed by atoms with van der Waals surface area (Å²) in [6.45, 7) is 0. The molecule has 8 heteroatoms. The highest BCUT2D eigenvalue weighted by atomic mass is 16.4. The zero-order chi connectivity index (χ0) is 13.8. The van der Waals surface area contributed by atoms with Gasteiger partial charge in [0.2, 0.25) is 0 Å². The number of carbonyl (C=O) groups is 2. The van der Waals surface area contributed by atoms with E-state index in [1.807, 2.05) is 0 Å². The second-order valence-corrected chi connectivity index (χ2v) is 3.99. The molecule has 1 amide bonds. The summed E-state index contributed by atoms with van der Waals surface area (Å²) in [6, 6.07) is 0.493. The molecular weight excluding hydrogens is 250 g/mol. The Balaban J connectivity index is 2.07. The number of hydrogen-bond acceptors (Lipinski definition) is 4. The van der Waals surface area contributed by atoms with Crippen molar-refractivity contribution in [2.45, 2.75) is 12.5 Å². The Labute approximate surface area is 108 Å². The molecule has 0 spiro atoms. The standard InChI is InChI=1S/C11H13N5O3/c1-16-9(2-3-14-16)10(17)15-8(11(18)19)4-7-5-12-6-13-7/h2-3,5-6,8H,4H2,1H3,(H,12,13)(H,15,17)(H,18,19)/t8-/m1/s1. The van der Waals surface area contributed by atoms with Crippen molar-refractivity contribution < 1.29 is 14.7 Å². The van der Waals surface area contributed by atoms with E-state index in [9.17, 15) is 9.59 Å². The molecule has 100 valence electrons. The largest absolute Gasteiger partial charge is 0.480 e. The van der Waals surface area contributed by atoms with Gasteiger partial charge in [-0.2, -0.15) is 5.10 Å². The van der Waals surface area contributed by atoms with Gasteiger partial charge in [0.05, 0.1) is 6.33 Å². The molecule has 2 aromatic rings. The highest BCUT2D eigenvalue weighted by Crippen LogP contribution is 2.02. The zero-order valence-electron chi connectivity index (χ0n) is 10.2. The molecule has 0 fully saturated rings. The van der Waals surface area contributed by atoms with Crippen molar-refractivity contribution in [3.63, 3.8) is 0 Å². The van der Waals surface area contributed by atoms with Crippen molar-refractivity contribution in [3.05, 3.63) is 36.2 Å². The summed E-state index contributed by atoms with van der Waals surface area (Å²) >= 11 is 0. The number of rotatable bonds is 5. The Bertz CT molecular complexity index is 575. The van der Waals surface area contributed by atoms with Crippen LogP contribution in [0.5, 0.6) is 0 Å². The van der Waals surface area contributed by atoms with Crippen LogP contribution in [0.25, 0.3) is 0 Å². The maximum atomic E-state index is 11.9. The summed E-state index contributed by atoms with van der Waals surface area (Å²) in [5.41, 5.74) is 0.938. The molecule has 2 aromatic heterocycles. The van der Waals surface area contributed by atoms with E-state index in [2.05, 4.69) is 20.4 Å². The first kappa shape index (κ1) is 12.8. The van der Waals surface area contributed by atoms with Crippen LogP contribution in [0.2, 0.25) is 0 Å².